The highest BCUT2D eigenvalue weighted by atomic mass is 32.2. The van der Waals surface area contributed by atoms with E-state index in [-0.39, 0.29) is 37.1 Å². The Kier molecular flexibility index (Phi) is 4.37. The van der Waals surface area contributed by atoms with Gasteiger partial charge in [-0.25, -0.2) is 17.2 Å². The fraction of sp³-hybridized carbons (Fsp3) is 0.429. The summed E-state index contributed by atoms with van der Waals surface area (Å²) in [6, 6.07) is 0.647. The van der Waals surface area contributed by atoms with E-state index in [1.54, 1.807) is 6.92 Å². The van der Waals surface area contributed by atoms with Crippen LogP contribution in [-0.4, -0.2) is 42.7 Å². The van der Waals surface area contributed by atoms with Crippen molar-refractivity contribution in [1.29, 1.82) is 0 Å². The van der Waals surface area contributed by atoms with Crippen LogP contribution in [0.1, 0.15) is 23.4 Å². The third kappa shape index (κ3) is 2.92. The van der Waals surface area contributed by atoms with Crippen molar-refractivity contribution in [1.82, 2.24) is 14.5 Å². The number of aryl methyl sites for hydroxylation is 2. The zero-order valence-electron chi connectivity index (χ0n) is 13.0. The summed E-state index contributed by atoms with van der Waals surface area (Å²) in [6.45, 7) is 2.99. The monoisotopic (exact) mass is 359 g/mol. The minimum atomic E-state index is -4.31. The molecule has 10 heteroatoms. The molecule has 1 atom stereocenters. The van der Waals surface area contributed by atoms with Crippen LogP contribution in [0.2, 0.25) is 0 Å². The molecule has 1 aliphatic rings. The zero-order chi connectivity index (χ0) is 17.5. The molecular formula is C14H15F2N3O4S. The summed E-state index contributed by atoms with van der Waals surface area (Å²) < 4.78 is 65.2. The number of rotatable bonds is 3. The number of aromatic nitrogens is 2. The first-order valence-electron chi connectivity index (χ1n) is 7.16. The van der Waals surface area contributed by atoms with Crippen molar-refractivity contribution < 1.29 is 26.4 Å². The van der Waals surface area contributed by atoms with Gasteiger partial charge in [0.1, 0.15) is 22.6 Å². The van der Waals surface area contributed by atoms with Crippen molar-refractivity contribution in [2.75, 3.05) is 19.8 Å². The van der Waals surface area contributed by atoms with E-state index in [9.17, 15) is 17.2 Å². The van der Waals surface area contributed by atoms with E-state index in [0.717, 1.165) is 10.4 Å². The highest BCUT2D eigenvalue weighted by Gasteiger charge is 2.39. The van der Waals surface area contributed by atoms with Crippen LogP contribution in [0.15, 0.2) is 21.4 Å². The third-order valence-corrected chi connectivity index (χ3v) is 5.63. The molecule has 0 N–H and O–H groups in total. The molecule has 130 valence electrons. The van der Waals surface area contributed by atoms with Gasteiger partial charge in [0.05, 0.1) is 13.2 Å². The van der Waals surface area contributed by atoms with E-state index < -0.39 is 32.6 Å². The Morgan fingerprint density at radius 1 is 1.21 bits per heavy atom. The van der Waals surface area contributed by atoms with Crippen LogP contribution in [0.5, 0.6) is 0 Å². The van der Waals surface area contributed by atoms with Crippen LogP contribution in [0.3, 0.4) is 0 Å². The van der Waals surface area contributed by atoms with Gasteiger partial charge in [0, 0.05) is 13.5 Å². The second kappa shape index (κ2) is 6.19. The fourth-order valence-corrected chi connectivity index (χ4v) is 4.08. The first kappa shape index (κ1) is 16.9. The van der Waals surface area contributed by atoms with Gasteiger partial charge in [-0.05, 0) is 24.6 Å². The molecule has 1 aromatic carbocycles. The lowest BCUT2D eigenvalue weighted by molar-refractivity contribution is 0.0220. The minimum absolute atomic E-state index is 0.0170. The first-order chi connectivity index (χ1) is 11.3. The van der Waals surface area contributed by atoms with Gasteiger partial charge in [0.15, 0.2) is 0 Å². The molecule has 0 aliphatic carbocycles. The highest BCUT2D eigenvalue weighted by molar-refractivity contribution is 7.89. The molecule has 1 saturated heterocycles. The second-order valence-electron chi connectivity index (χ2n) is 5.40. The quantitative estimate of drug-likeness (QED) is 0.830. The second-order valence-corrected chi connectivity index (χ2v) is 7.26. The molecule has 3 rings (SSSR count). The fourth-order valence-electron chi connectivity index (χ4n) is 2.47. The Hall–Kier alpha value is -1.91. The third-order valence-electron chi connectivity index (χ3n) is 3.71. The van der Waals surface area contributed by atoms with Crippen LogP contribution < -0.4 is 0 Å². The smallest absolute Gasteiger partial charge is 0.246 e. The number of sulfonamides is 1. The molecule has 0 amide bonds. The molecule has 2 heterocycles. The summed E-state index contributed by atoms with van der Waals surface area (Å²) in [7, 11) is -4.31. The van der Waals surface area contributed by atoms with Crippen molar-refractivity contribution in [2.45, 2.75) is 24.8 Å². The number of hydrogen-bond acceptors (Lipinski definition) is 6. The maximum atomic E-state index is 14.2. The first-order valence-corrected chi connectivity index (χ1v) is 8.60. The van der Waals surface area contributed by atoms with Crippen LogP contribution in [0, 0.1) is 25.5 Å². The maximum absolute atomic E-state index is 14.2. The zero-order valence-corrected chi connectivity index (χ0v) is 13.8. The summed E-state index contributed by atoms with van der Waals surface area (Å²) in [5.41, 5.74) is 0.0255. The number of halogens is 2. The number of benzene rings is 1. The van der Waals surface area contributed by atoms with Crippen LogP contribution in [-0.2, 0) is 14.8 Å². The van der Waals surface area contributed by atoms with Crippen molar-refractivity contribution in [2.24, 2.45) is 0 Å². The summed E-state index contributed by atoms with van der Waals surface area (Å²) in [5.74, 6) is -1.50. The Labute approximate surface area is 137 Å². The van der Waals surface area contributed by atoms with Gasteiger partial charge in [-0.3, -0.25) is 0 Å². The van der Waals surface area contributed by atoms with E-state index >= 15 is 0 Å². The van der Waals surface area contributed by atoms with Gasteiger partial charge in [0.2, 0.25) is 21.8 Å². The molecule has 1 aliphatic heterocycles. The molecule has 2 aromatic rings. The van der Waals surface area contributed by atoms with E-state index in [2.05, 4.69) is 10.2 Å². The molecular weight excluding hydrogens is 344 g/mol. The van der Waals surface area contributed by atoms with E-state index in [4.69, 9.17) is 9.15 Å². The number of nitrogens with zero attached hydrogens (tertiary/aromatic N) is 3. The molecule has 1 unspecified atom stereocenters. The average Bonchev–Trinajstić information content (AvgIpc) is 2.97. The summed E-state index contributed by atoms with van der Waals surface area (Å²) in [4.78, 5) is -0.728. The minimum Gasteiger partial charge on any atom is -0.424 e. The molecule has 0 saturated carbocycles. The van der Waals surface area contributed by atoms with E-state index in [1.165, 1.54) is 6.92 Å². The lowest BCUT2D eigenvalue weighted by Gasteiger charge is -2.32. The summed E-state index contributed by atoms with van der Waals surface area (Å²) in [6.07, 6.45) is 0. The van der Waals surface area contributed by atoms with Crippen LogP contribution >= 0.6 is 0 Å². The number of morpholine rings is 1. The van der Waals surface area contributed by atoms with Gasteiger partial charge in [-0.15, -0.1) is 10.2 Å². The topological polar surface area (TPSA) is 85.5 Å². The molecule has 0 bridgehead atoms. The van der Waals surface area contributed by atoms with Gasteiger partial charge in [0.25, 0.3) is 0 Å². The van der Waals surface area contributed by atoms with Gasteiger partial charge in [-0.1, -0.05) is 0 Å². The normalized spacial score (nSPS) is 19.6. The van der Waals surface area contributed by atoms with Crippen LogP contribution in [0.25, 0.3) is 0 Å². The van der Waals surface area contributed by atoms with E-state index in [0.29, 0.717) is 6.07 Å². The standard InChI is InChI=1S/C14H15F2N3O4S/c1-8-5-11(16)13(6-10(8)15)24(20,21)19-3-4-22-7-12(19)14-18-17-9(2)23-14/h5-6,12H,3-4,7H2,1-2H3. The Bertz CT molecular complexity index is 869. The Morgan fingerprint density at radius 2 is 1.96 bits per heavy atom. The predicted molar refractivity (Wildman–Crippen MR) is 77.6 cm³/mol. The van der Waals surface area contributed by atoms with Gasteiger partial charge >= 0.3 is 0 Å². The van der Waals surface area contributed by atoms with E-state index in [1.807, 2.05) is 0 Å². The van der Waals surface area contributed by atoms with Gasteiger partial charge in [-0.2, -0.15) is 4.31 Å². The predicted octanol–water partition coefficient (Wildman–Crippen LogP) is 1.73. The maximum Gasteiger partial charge on any atom is 0.246 e. The highest BCUT2D eigenvalue weighted by Crippen LogP contribution is 2.31. The summed E-state index contributed by atoms with van der Waals surface area (Å²) in [5, 5.41) is 7.48. The van der Waals surface area contributed by atoms with Crippen molar-refractivity contribution in [3.8, 4) is 0 Å². The van der Waals surface area contributed by atoms with Crippen molar-refractivity contribution in [3.05, 3.63) is 41.1 Å². The SMILES string of the molecule is Cc1nnc(C2COCCN2S(=O)(=O)c2cc(F)c(C)cc2F)o1. The molecule has 1 fully saturated rings. The Balaban J connectivity index is 2.05. The Morgan fingerprint density at radius 3 is 2.62 bits per heavy atom. The molecule has 0 radical (unpaired) electrons. The lowest BCUT2D eigenvalue weighted by atomic mass is 10.2. The van der Waals surface area contributed by atoms with Crippen molar-refractivity contribution >= 4 is 10.0 Å². The van der Waals surface area contributed by atoms with Crippen molar-refractivity contribution in [3.63, 3.8) is 0 Å². The number of ether oxygens (including phenoxy) is 1. The summed E-state index contributed by atoms with van der Waals surface area (Å²) >= 11 is 0. The average molecular weight is 359 g/mol. The largest absolute Gasteiger partial charge is 0.424 e. The molecule has 7 nitrogen and oxygen atoms in total. The van der Waals surface area contributed by atoms with Gasteiger partial charge < -0.3 is 9.15 Å². The van der Waals surface area contributed by atoms with Crippen LogP contribution in [0.4, 0.5) is 8.78 Å². The molecule has 24 heavy (non-hydrogen) atoms. The molecule has 0 spiro atoms. The lowest BCUT2D eigenvalue weighted by Crippen LogP contribution is -2.43. The number of hydrogen-bond donors (Lipinski definition) is 0. The molecule has 1 aromatic heterocycles.